The highest BCUT2D eigenvalue weighted by Crippen LogP contribution is 2.21. The van der Waals surface area contributed by atoms with Crippen LogP contribution in [0.1, 0.15) is 36.9 Å². The minimum Gasteiger partial charge on any atom is -0.368 e. The highest BCUT2D eigenvalue weighted by atomic mass is 32.2. The Labute approximate surface area is 178 Å². The van der Waals surface area contributed by atoms with Gasteiger partial charge in [0.15, 0.2) is 0 Å². The molecule has 6 nitrogen and oxygen atoms in total. The van der Waals surface area contributed by atoms with Crippen molar-refractivity contribution in [3.05, 3.63) is 59.8 Å². The Balaban J connectivity index is 1.39. The summed E-state index contributed by atoms with van der Waals surface area (Å²) < 4.78 is 27.4. The second-order valence-corrected chi connectivity index (χ2v) is 9.72. The van der Waals surface area contributed by atoms with Crippen LogP contribution in [0.25, 0.3) is 11.0 Å². The molecule has 0 unspecified atom stereocenters. The molecule has 0 aliphatic carbocycles. The maximum atomic E-state index is 12.9. The lowest BCUT2D eigenvalue weighted by Crippen LogP contribution is -2.31. The van der Waals surface area contributed by atoms with Gasteiger partial charge < -0.3 is 5.32 Å². The summed E-state index contributed by atoms with van der Waals surface area (Å²) in [4.78, 5) is 9.63. The summed E-state index contributed by atoms with van der Waals surface area (Å²) in [6, 6.07) is 15.1. The number of benzene rings is 2. The van der Waals surface area contributed by atoms with Gasteiger partial charge in [-0.05, 0) is 56.0 Å². The third-order valence-electron chi connectivity index (χ3n) is 5.58. The van der Waals surface area contributed by atoms with Gasteiger partial charge in [-0.25, -0.2) is 18.4 Å². The van der Waals surface area contributed by atoms with Gasteiger partial charge in [-0.3, -0.25) is 0 Å². The van der Waals surface area contributed by atoms with E-state index in [0.29, 0.717) is 24.5 Å². The number of aromatic nitrogens is 2. The van der Waals surface area contributed by atoms with Crippen LogP contribution in [0, 0.1) is 6.92 Å². The maximum Gasteiger partial charge on any atom is 0.243 e. The minimum atomic E-state index is -3.39. The molecule has 0 saturated carbocycles. The van der Waals surface area contributed by atoms with Crippen LogP contribution in [-0.4, -0.2) is 42.3 Å². The number of sulfonamides is 1. The van der Waals surface area contributed by atoms with Crippen molar-refractivity contribution in [2.45, 2.75) is 43.9 Å². The zero-order valence-electron chi connectivity index (χ0n) is 17.3. The van der Waals surface area contributed by atoms with E-state index in [1.807, 2.05) is 43.3 Å². The molecule has 1 fully saturated rings. The molecule has 0 amide bonds. The summed E-state index contributed by atoms with van der Waals surface area (Å²) in [5, 5.41) is 3.36. The highest BCUT2D eigenvalue weighted by molar-refractivity contribution is 7.89. The van der Waals surface area contributed by atoms with Crippen LogP contribution in [0.2, 0.25) is 0 Å². The van der Waals surface area contributed by atoms with Gasteiger partial charge >= 0.3 is 0 Å². The Morgan fingerprint density at radius 2 is 1.53 bits per heavy atom. The molecule has 158 valence electrons. The fraction of sp³-hybridized carbons (Fsp3) is 0.391. The van der Waals surface area contributed by atoms with Crippen molar-refractivity contribution in [3.8, 4) is 0 Å². The molecule has 1 aliphatic rings. The lowest BCUT2D eigenvalue weighted by Gasteiger charge is -2.20. The smallest absolute Gasteiger partial charge is 0.243 e. The molecule has 1 aromatic heterocycles. The van der Waals surface area contributed by atoms with Crippen LogP contribution in [0.3, 0.4) is 0 Å². The van der Waals surface area contributed by atoms with E-state index in [1.54, 1.807) is 16.4 Å². The molecule has 0 bridgehead atoms. The Bertz CT molecular complexity index is 1110. The molecule has 0 radical (unpaired) electrons. The van der Waals surface area contributed by atoms with Crippen molar-refractivity contribution in [2.75, 3.05) is 25.0 Å². The minimum absolute atomic E-state index is 0.386. The summed E-state index contributed by atoms with van der Waals surface area (Å²) in [7, 11) is -3.39. The molecule has 7 heteroatoms. The molecular weight excluding hydrogens is 396 g/mol. The Morgan fingerprint density at radius 1 is 0.900 bits per heavy atom. The van der Waals surface area contributed by atoms with Gasteiger partial charge in [0.2, 0.25) is 10.0 Å². The van der Waals surface area contributed by atoms with E-state index >= 15 is 0 Å². The summed E-state index contributed by atoms with van der Waals surface area (Å²) >= 11 is 0. The van der Waals surface area contributed by atoms with Gasteiger partial charge in [-0.2, -0.15) is 4.31 Å². The van der Waals surface area contributed by atoms with Gasteiger partial charge in [0, 0.05) is 19.6 Å². The quantitative estimate of drug-likeness (QED) is 0.643. The van der Waals surface area contributed by atoms with Gasteiger partial charge in [0.05, 0.1) is 21.6 Å². The third kappa shape index (κ3) is 4.63. The summed E-state index contributed by atoms with van der Waals surface area (Å²) in [6.45, 7) is 3.90. The fourth-order valence-corrected chi connectivity index (χ4v) is 5.36. The molecular formula is C23H28N4O2S. The van der Waals surface area contributed by atoms with Crippen molar-refractivity contribution >= 4 is 26.9 Å². The first-order valence-corrected chi connectivity index (χ1v) is 12.0. The van der Waals surface area contributed by atoms with E-state index < -0.39 is 10.0 Å². The third-order valence-corrected chi connectivity index (χ3v) is 7.49. The Hall–Kier alpha value is -2.51. The van der Waals surface area contributed by atoms with Crippen LogP contribution in [-0.2, 0) is 16.4 Å². The van der Waals surface area contributed by atoms with E-state index in [-0.39, 0.29) is 0 Å². The number of aryl methyl sites for hydroxylation is 1. The zero-order chi connectivity index (χ0) is 21.0. The van der Waals surface area contributed by atoms with Crippen LogP contribution in [0.4, 0.5) is 5.82 Å². The van der Waals surface area contributed by atoms with E-state index in [4.69, 9.17) is 0 Å². The lowest BCUT2D eigenvalue weighted by atomic mass is 10.1. The van der Waals surface area contributed by atoms with Crippen molar-refractivity contribution in [2.24, 2.45) is 0 Å². The molecule has 1 N–H and O–H groups in total. The molecule has 2 aromatic carbocycles. The molecule has 1 saturated heterocycles. The second-order valence-electron chi connectivity index (χ2n) is 7.79. The summed E-state index contributed by atoms with van der Waals surface area (Å²) in [5.41, 5.74) is 3.71. The predicted molar refractivity (Wildman–Crippen MR) is 120 cm³/mol. The average molecular weight is 425 g/mol. The SMILES string of the molecule is Cc1nc2ccccc2nc1NCCc1ccc(S(=O)(=O)N2CCCCCC2)cc1. The maximum absolute atomic E-state index is 12.9. The molecule has 30 heavy (non-hydrogen) atoms. The highest BCUT2D eigenvalue weighted by Gasteiger charge is 2.24. The second kappa shape index (κ2) is 9.10. The zero-order valence-corrected chi connectivity index (χ0v) is 18.2. The molecule has 0 atom stereocenters. The number of nitrogens with one attached hydrogen (secondary N) is 1. The fourth-order valence-electron chi connectivity index (χ4n) is 3.84. The standard InChI is InChI=1S/C23H28N4O2S/c1-18-23(26-22-9-5-4-8-21(22)25-18)24-15-14-19-10-12-20(13-11-19)30(28,29)27-16-6-2-3-7-17-27/h4-5,8-13H,2-3,6-7,14-17H2,1H3,(H,24,26). The number of hydrogen-bond acceptors (Lipinski definition) is 5. The van der Waals surface area contributed by atoms with Crippen LogP contribution >= 0.6 is 0 Å². The van der Waals surface area contributed by atoms with E-state index in [2.05, 4.69) is 15.3 Å². The predicted octanol–water partition coefficient (Wildman–Crippen LogP) is 4.16. The van der Waals surface area contributed by atoms with Crippen molar-refractivity contribution in [1.82, 2.24) is 14.3 Å². The first-order chi connectivity index (χ1) is 14.5. The van der Waals surface area contributed by atoms with Crippen LogP contribution < -0.4 is 5.32 Å². The van der Waals surface area contributed by atoms with E-state index in [1.165, 1.54) is 0 Å². The van der Waals surface area contributed by atoms with Crippen LogP contribution in [0.15, 0.2) is 53.4 Å². The van der Waals surface area contributed by atoms with Crippen LogP contribution in [0.5, 0.6) is 0 Å². The lowest BCUT2D eigenvalue weighted by molar-refractivity contribution is 0.423. The van der Waals surface area contributed by atoms with E-state index in [0.717, 1.165) is 60.2 Å². The first-order valence-electron chi connectivity index (χ1n) is 10.6. The molecule has 1 aliphatic heterocycles. The van der Waals surface area contributed by atoms with Gasteiger partial charge in [0.1, 0.15) is 5.82 Å². The Morgan fingerprint density at radius 3 is 2.20 bits per heavy atom. The monoisotopic (exact) mass is 424 g/mol. The number of hydrogen-bond donors (Lipinski definition) is 1. The van der Waals surface area contributed by atoms with Gasteiger partial charge in [0.25, 0.3) is 0 Å². The molecule has 0 spiro atoms. The first kappa shape index (κ1) is 20.8. The number of para-hydroxylation sites is 2. The van der Waals surface area contributed by atoms with Crippen molar-refractivity contribution < 1.29 is 8.42 Å². The van der Waals surface area contributed by atoms with Crippen molar-refractivity contribution in [3.63, 3.8) is 0 Å². The van der Waals surface area contributed by atoms with Gasteiger partial charge in [-0.15, -0.1) is 0 Å². The topological polar surface area (TPSA) is 75.2 Å². The average Bonchev–Trinajstić information content (AvgIpc) is 3.05. The summed E-state index contributed by atoms with van der Waals surface area (Å²) in [6.07, 6.45) is 4.89. The number of nitrogens with zero attached hydrogens (tertiary/aromatic N) is 3. The normalized spacial score (nSPS) is 15.8. The van der Waals surface area contributed by atoms with Crippen molar-refractivity contribution in [1.29, 1.82) is 0 Å². The van der Waals surface area contributed by atoms with Gasteiger partial charge in [-0.1, -0.05) is 37.1 Å². The number of rotatable bonds is 6. The molecule has 2 heterocycles. The molecule has 4 rings (SSSR count). The Kier molecular flexibility index (Phi) is 6.29. The largest absolute Gasteiger partial charge is 0.368 e. The van der Waals surface area contributed by atoms with E-state index in [9.17, 15) is 8.42 Å². The molecule has 3 aromatic rings. The number of fused-ring (bicyclic) bond motifs is 1. The number of anilines is 1. The summed E-state index contributed by atoms with van der Waals surface area (Å²) in [5.74, 6) is 0.786.